The van der Waals surface area contributed by atoms with Gasteiger partial charge in [0.1, 0.15) is 12.2 Å². The highest BCUT2D eigenvalue weighted by atomic mass is 15.3. The van der Waals surface area contributed by atoms with Crippen molar-refractivity contribution in [3.05, 3.63) is 48.0 Å². The van der Waals surface area contributed by atoms with E-state index >= 15 is 0 Å². The third-order valence-corrected chi connectivity index (χ3v) is 3.17. The molecule has 4 nitrogen and oxygen atoms in total. The molecular weight excluding hydrogens is 212 g/mol. The molecular formula is C13H16N4. The van der Waals surface area contributed by atoms with Crippen molar-refractivity contribution in [3.8, 4) is 0 Å². The lowest BCUT2D eigenvalue weighted by Gasteiger charge is -2.12. The van der Waals surface area contributed by atoms with Crippen LogP contribution in [0.15, 0.2) is 36.7 Å². The van der Waals surface area contributed by atoms with E-state index in [0.29, 0.717) is 6.04 Å². The van der Waals surface area contributed by atoms with Crippen LogP contribution in [0.5, 0.6) is 0 Å². The maximum absolute atomic E-state index is 6.21. The first kappa shape index (κ1) is 10.5. The molecule has 3 rings (SSSR count). The second-order valence-electron chi connectivity index (χ2n) is 4.62. The number of benzene rings is 1. The van der Waals surface area contributed by atoms with Crippen molar-refractivity contribution in [3.63, 3.8) is 0 Å². The molecule has 0 saturated heterocycles. The van der Waals surface area contributed by atoms with E-state index in [2.05, 4.69) is 26.9 Å². The van der Waals surface area contributed by atoms with Crippen molar-refractivity contribution in [1.82, 2.24) is 14.8 Å². The molecule has 1 atom stereocenters. The topological polar surface area (TPSA) is 56.7 Å². The third kappa shape index (κ3) is 2.22. The zero-order chi connectivity index (χ0) is 11.7. The highest BCUT2D eigenvalue weighted by Gasteiger charge is 2.27. The number of aromatic nitrogens is 3. The Morgan fingerprint density at radius 3 is 2.76 bits per heavy atom. The van der Waals surface area contributed by atoms with Gasteiger partial charge in [-0.05, 0) is 24.8 Å². The average molecular weight is 228 g/mol. The molecule has 0 spiro atoms. The Morgan fingerprint density at radius 1 is 1.29 bits per heavy atom. The van der Waals surface area contributed by atoms with E-state index in [-0.39, 0.29) is 6.04 Å². The summed E-state index contributed by atoms with van der Waals surface area (Å²) < 4.78 is 2.13. The average Bonchev–Trinajstić information content (AvgIpc) is 3.08. The van der Waals surface area contributed by atoms with Crippen molar-refractivity contribution < 1.29 is 0 Å². The zero-order valence-electron chi connectivity index (χ0n) is 9.66. The molecule has 1 aromatic carbocycles. The number of nitrogens with two attached hydrogens (primary N) is 1. The van der Waals surface area contributed by atoms with E-state index in [4.69, 9.17) is 5.73 Å². The van der Waals surface area contributed by atoms with Crippen molar-refractivity contribution in [2.45, 2.75) is 31.3 Å². The highest BCUT2D eigenvalue weighted by Crippen LogP contribution is 2.36. The Kier molecular flexibility index (Phi) is 2.65. The van der Waals surface area contributed by atoms with Gasteiger partial charge in [0.05, 0.1) is 6.04 Å². The van der Waals surface area contributed by atoms with Crippen LogP contribution in [0, 0.1) is 0 Å². The SMILES string of the molecule is NC(Cc1ccccc1)c1nncn1C1CC1. The van der Waals surface area contributed by atoms with Crippen LogP contribution in [0.25, 0.3) is 0 Å². The molecule has 17 heavy (non-hydrogen) atoms. The fourth-order valence-corrected chi connectivity index (χ4v) is 2.11. The molecule has 1 aromatic heterocycles. The number of nitrogens with zero attached hydrogens (tertiary/aromatic N) is 3. The molecule has 1 aliphatic carbocycles. The predicted molar refractivity (Wildman–Crippen MR) is 65.4 cm³/mol. The molecule has 1 unspecified atom stereocenters. The first-order valence-electron chi connectivity index (χ1n) is 6.03. The van der Waals surface area contributed by atoms with Gasteiger partial charge in [0.2, 0.25) is 0 Å². The van der Waals surface area contributed by atoms with Crippen LogP contribution >= 0.6 is 0 Å². The summed E-state index contributed by atoms with van der Waals surface area (Å²) in [4.78, 5) is 0. The van der Waals surface area contributed by atoms with Gasteiger partial charge in [-0.2, -0.15) is 0 Å². The summed E-state index contributed by atoms with van der Waals surface area (Å²) >= 11 is 0. The Balaban J connectivity index is 1.77. The number of hydrogen-bond acceptors (Lipinski definition) is 3. The smallest absolute Gasteiger partial charge is 0.150 e. The van der Waals surface area contributed by atoms with Gasteiger partial charge in [-0.3, -0.25) is 0 Å². The zero-order valence-corrected chi connectivity index (χ0v) is 9.66. The van der Waals surface area contributed by atoms with Crippen LogP contribution in [-0.2, 0) is 6.42 Å². The molecule has 0 bridgehead atoms. The van der Waals surface area contributed by atoms with Gasteiger partial charge < -0.3 is 10.3 Å². The molecule has 1 aliphatic rings. The molecule has 2 N–H and O–H groups in total. The summed E-state index contributed by atoms with van der Waals surface area (Å²) in [7, 11) is 0. The van der Waals surface area contributed by atoms with Gasteiger partial charge in [-0.25, -0.2) is 0 Å². The summed E-state index contributed by atoms with van der Waals surface area (Å²) in [5, 5.41) is 8.14. The van der Waals surface area contributed by atoms with Crippen LogP contribution in [-0.4, -0.2) is 14.8 Å². The van der Waals surface area contributed by atoms with E-state index in [1.54, 1.807) is 6.33 Å². The molecule has 0 aliphatic heterocycles. The van der Waals surface area contributed by atoms with Crippen LogP contribution in [0.1, 0.15) is 36.3 Å². The molecule has 4 heteroatoms. The fourth-order valence-electron chi connectivity index (χ4n) is 2.11. The molecule has 88 valence electrons. The van der Waals surface area contributed by atoms with Crippen molar-refractivity contribution in [1.29, 1.82) is 0 Å². The monoisotopic (exact) mass is 228 g/mol. The predicted octanol–water partition coefficient (Wildman–Crippen LogP) is 1.86. The third-order valence-electron chi connectivity index (χ3n) is 3.17. The molecule has 1 heterocycles. The summed E-state index contributed by atoms with van der Waals surface area (Å²) in [5.74, 6) is 0.913. The van der Waals surface area contributed by atoms with E-state index in [9.17, 15) is 0 Å². The van der Waals surface area contributed by atoms with Gasteiger partial charge in [0, 0.05) is 6.04 Å². The van der Waals surface area contributed by atoms with Gasteiger partial charge in [0.15, 0.2) is 0 Å². The Hall–Kier alpha value is -1.68. The minimum atomic E-state index is -0.0690. The maximum Gasteiger partial charge on any atom is 0.150 e. The summed E-state index contributed by atoms with van der Waals surface area (Å²) in [6.07, 6.45) is 5.07. The minimum Gasteiger partial charge on any atom is -0.321 e. The van der Waals surface area contributed by atoms with E-state index in [0.717, 1.165) is 12.2 Å². The van der Waals surface area contributed by atoms with Crippen LogP contribution in [0.3, 0.4) is 0 Å². The number of hydrogen-bond donors (Lipinski definition) is 1. The minimum absolute atomic E-state index is 0.0690. The van der Waals surface area contributed by atoms with Gasteiger partial charge in [-0.15, -0.1) is 10.2 Å². The molecule has 2 aromatic rings. The second-order valence-corrected chi connectivity index (χ2v) is 4.62. The molecule has 1 saturated carbocycles. The summed E-state index contributed by atoms with van der Waals surface area (Å²) in [5.41, 5.74) is 7.46. The van der Waals surface area contributed by atoms with Gasteiger partial charge in [0.25, 0.3) is 0 Å². The van der Waals surface area contributed by atoms with Crippen molar-refractivity contribution in [2.24, 2.45) is 5.73 Å². The van der Waals surface area contributed by atoms with Crippen molar-refractivity contribution in [2.75, 3.05) is 0 Å². The summed E-state index contributed by atoms with van der Waals surface area (Å²) in [6.45, 7) is 0. The first-order chi connectivity index (χ1) is 8.34. The van der Waals surface area contributed by atoms with E-state index in [1.165, 1.54) is 18.4 Å². The maximum atomic E-state index is 6.21. The van der Waals surface area contributed by atoms with Crippen molar-refractivity contribution >= 4 is 0 Å². The standard InChI is InChI=1S/C13H16N4/c14-12(8-10-4-2-1-3-5-10)13-16-15-9-17(13)11-6-7-11/h1-5,9,11-12H,6-8,14H2. The summed E-state index contributed by atoms with van der Waals surface area (Å²) in [6, 6.07) is 10.8. The highest BCUT2D eigenvalue weighted by molar-refractivity contribution is 5.17. The lowest BCUT2D eigenvalue weighted by Crippen LogP contribution is -2.18. The van der Waals surface area contributed by atoms with E-state index < -0.39 is 0 Å². The van der Waals surface area contributed by atoms with Crippen LogP contribution in [0.4, 0.5) is 0 Å². The molecule has 1 fully saturated rings. The lowest BCUT2D eigenvalue weighted by atomic mass is 10.1. The van der Waals surface area contributed by atoms with Crippen LogP contribution in [0.2, 0.25) is 0 Å². The quantitative estimate of drug-likeness (QED) is 0.869. The Bertz CT molecular complexity index is 487. The second kappa shape index (κ2) is 4.30. The Labute approximate surface area is 100 Å². The number of rotatable bonds is 4. The Morgan fingerprint density at radius 2 is 2.06 bits per heavy atom. The lowest BCUT2D eigenvalue weighted by molar-refractivity contribution is 0.591. The normalized spacial score (nSPS) is 17.0. The largest absolute Gasteiger partial charge is 0.321 e. The first-order valence-corrected chi connectivity index (χ1v) is 6.03. The van der Waals surface area contributed by atoms with Gasteiger partial charge in [-0.1, -0.05) is 30.3 Å². The fraction of sp³-hybridized carbons (Fsp3) is 0.385. The van der Waals surface area contributed by atoms with E-state index in [1.807, 2.05) is 18.2 Å². The van der Waals surface area contributed by atoms with Crippen LogP contribution < -0.4 is 5.73 Å². The molecule has 0 radical (unpaired) electrons. The van der Waals surface area contributed by atoms with Gasteiger partial charge >= 0.3 is 0 Å². The molecule has 0 amide bonds.